The van der Waals surface area contributed by atoms with E-state index >= 15 is 0 Å². The van der Waals surface area contributed by atoms with Gasteiger partial charge in [0.1, 0.15) is 24.3 Å². The van der Waals surface area contributed by atoms with Crippen LogP contribution in [0.25, 0.3) is 10.8 Å². The number of anilines is 2. The van der Waals surface area contributed by atoms with Crippen molar-refractivity contribution in [1.29, 1.82) is 0 Å². The predicted octanol–water partition coefficient (Wildman–Crippen LogP) is 4.34. The number of cyclic esters (lactones) is 1. The topological polar surface area (TPSA) is 112 Å². The molecule has 3 aliphatic rings. The average Bonchev–Trinajstić information content (AvgIpc) is 3.71. The van der Waals surface area contributed by atoms with Crippen molar-refractivity contribution in [3.05, 3.63) is 47.4 Å². The molecule has 0 spiro atoms. The molecule has 0 bridgehead atoms. The minimum Gasteiger partial charge on any atom is -0.474 e. The zero-order valence-corrected chi connectivity index (χ0v) is 19.7. The van der Waals surface area contributed by atoms with Gasteiger partial charge in [-0.25, -0.2) is 19.7 Å². The summed E-state index contributed by atoms with van der Waals surface area (Å²) in [4.78, 5) is 26.2. The summed E-state index contributed by atoms with van der Waals surface area (Å²) in [6.07, 6.45) is 8.28. The summed E-state index contributed by atoms with van der Waals surface area (Å²) in [5, 5.41) is 5.18. The van der Waals surface area contributed by atoms with Crippen LogP contribution in [0.1, 0.15) is 68.1 Å². The van der Waals surface area contributed by atoms with Crippen LogP contribution < -0.4 is 15.8 Å². The van der Waals surface area contributed by atoms with Crippen molar-refractivity contribution >= 4 is 28.4 Å². The molecule has 2 aliphatic carbocycles. The second-order valence-corrected chi connectivity index (χ2v) is 10.6. The number of carbonyl (C=O) groups is 1. The third-order valence-electron chi connectivity index (χ3n) is 7.12. The van der Waals surface area contributed by atoms with Crippen LogP contribution in [0.4, 0.5) is 11.6 Å². The maximum Gasteiger partial charge on any atom is 0.340 e. The van der Waals surface area contributed by atoms with E-state index in [0.717, 1.165) is 47.7 Å². The number of pyridine rings is 3. The highest BCUT2D eigenvalue weighted by Gasteiger charge is 2.41. The van der Waals surface area contributed by atoms with E-state index in [9.17, 15) is 4.79 Å². The van der Waals surface area contributed by atoms with Gasteiger partial charge in [-0.05, 0) is 67.7 Å². The number of ether oxygens (including phenoxy) is 2. The number of carbonyl (C=O) groups excluding carboxylic acids is 1. The molecule has 3 aromatic heterocycles. The van der Waals surface area contributed by atoms with Crippen molar-refractivity contribution < 1.29 is 14.3 Å². The van der Waals surface area contributed by atoms with E-state index in [1.807, 2.05) is 26.1 Å². The molecule has 8 nitrogen and oxygen atoms in total. The lowest BCUT2D eigenvalue weighted by atomic mass is 9.85. The lowest BCUT2D eigenvalue weighted by Gasteiger charge is -2.30. The van der Waals surface area contributed by atoms with Crippen LogP contribution in [0.3, 0.4) is 0 Å². The lowest BCUT2D eigenvalue weighted by Crippen LogP contribution is -2.35. The van der Waals surface area contributed by atoms with E-state index in [1.165, 1.54) is 0 Å². The Morgan fingerprint density at radius 2 is 1.91 bits per heavy atom. The Hall–Kier alpha value is -3.26. The van der Waals surface area contributed by atoms with Gasteiger partial charge in [0.25, 0.3) is 0 Å². The second-order valence-electron chi connectivity index (χ2n) is 10.6. The van der Waals surface area contributed by atoms with E-state index < -0.39 is 5.54 Å². The number of aromatic nitrogens is 3. The van der Waals surface area contributed by atoms with Crippen LogP contribution in [0.15, 0.2) is 30.6 Å². The third kappa shape index (κ3) is 3.66. The molecule has 8 heteroatoms. The monoisotopic (exact) mass is 459 g/mol. The van der Waals surface area contributed by atoms with Crippen LogP contribution in [0.5, 0.6) is 5.88 Å². The standard InChI is InChI=1S/C26H29N5O3/c1-25(2)13-33-24(32)16-8-9-20(31-22(16)25)30-21-10-17-18(11-28-21)23(34-15-6-7-15)29-12-19(17)26(3,27)14-4-5-14/h8-12,14-15H,4-7,13,27H2,1-3H3,(H,28,30,31)/t26-/m1/s1. The van der Waals surface area contributed by atoms with Crippen LogP contribution in [-0.2, 0) is 15.7 Å². The molecule has 0 saturated heterocycles. The van der Waals surface area contributed by atoms with E-state index in [1.54, 1.807) is 18.3 Å². The SMILES string of the molecule is CC1(C)COC(=O)c2ccc(Nc3cc4c([C@](C)(N)C5CC5)cnc(OC5CC5)c4cn3)nc21. The van der Waals surface area contributed by atoms with Crippen molar-refractivity contribution in [2.45, 2.75) is 63.5 Å². The zero-order chi connectivity index (χ0) is 23.7. The number of nitrogens with one attached hydrogen (secondary N) is 1. The number of hydrogen-bond donors (Lipinski definition) is 2. The summed E-state index contributed by atoms with van der Waals surface area (Å²) >= 11 is 0. The Morgan fingerprint density at radius 3 is 2.65 bits per heavy atom. The van der Waals surface area contributed by atoms with Crippen LogP contribution in [0.2, 0.25) is 0 Å². The molecule has 1 aliphatic heterocycles. The average molecular weight is 460 g/mol. The van der Waals surface area contributed by atoms with Crippen molar-refractivity contribution in [2.75, 3.05) is 11.9 Å². The smallest absolute Gasteiger partial charge is 0.340 e. The zero-order valence-electron chi connectivity index (χ0n) is 19.7. The van der Waals surface area contributed by atoms with Gasteiger partial charge in [-0.1, -0.05) is 13.8 Å². The molecule has 2 fully saturated rings. The molecule has 0 unspecified atom stereocenters. The fraction of sp³-hybridized carbons (Fsp3) is 0.462. The molecular weight excluding hydrogens is 430 g/mol. The number of fused-ring (bicyclic) bond motifs is 2. The van der Waals surface area contributed by atoms with Crippen LogP contribution in [-0.4, -0.2) is 33.6 Å². The predicted molar refractivity (Wildman–Crippen MR) is 128 cm³/mol. The minimum absolute atomic E-state index is 0.238. The fourth-order valence-electron chi connectivity index (χ4n) is 4.68. The van der Waals surface area contributed by atoms with Crippen molar-refractivity contribution in [3.8, 4) is 5.88 Å². The minimum atomic E-state index is -0.476. The third-order valence-corrected chi connectivity index (χ3v) is 7.12. The van der Waals surface area contributed by atoms with Crippen molar-refractivity contribution in [1.82, 2.24) is 15.0 Å². The van der Waals surface area contributed by atoms with E-state index in [4.69, 9.17) is 20.2 Å². The Balaban J connectivity index is 1.40. The summed E-state index contributed by atoms with van der Waals surface area (Å²) in [5.74, 6) is 1.99. The quantitative estimate of drug-likeness (QED) is 0.524. The number of hydrogen-bond acceptors (Lipinski definition) is 8. The van der Waals surface area contributed by atoms with Gasteiger partial charge >= 0.3 is 5.97 Å². The number of esters is 1. The molecular formula is C26H29N5O3. The van der Waals surface area contributed by atoms with Crippen LogP contribution >= 0.6 is 0 Å². The summed E-state index contributed by atoms with van der Waals surface area (Å²) in [6, 6.07) is 5.54. The molecule has 0 aromatic carbocycles. The van der Waals surface area contributed by atoms with Gasteiger partial charge in [-0.15, -0.1) is 0 Å². The molecule has 2 saturated carbocycles. The first kappa shape index (κ1) is 21.3. The highest BCUT2D eigenvalue weighted by molar-refractivity contribution is 5.93. The first-order chi connectivity index (χ1) is 16.2. The molecule has 1 atom stereocenters. The van der Waals surface area contributed by atoms with Crippen molar-refractivity contribution in [2.24, 2.45) is 11.7 Å². The first-order valence-electron chi connectivity index (χ1n) is 11.9. The van der Waals surface area contributed by atoms with Gasteiger partial charge in [0.05, 0.1) is 16.6 Å². The summed E-state index contributed by atoms with van der Waals surface area (Å²) in [7, 11) is 0. The molecule has 0 amide bonds. The van der Waals surface area contributed by atoms with E-state index in [2.05, 4.69) is 22.2 Å². The summed E-state index contributed by atoms with van der Waals surface area (Å²) in [5.41, 5.74) is 8.21. The molecule has 4 heterocycles. The molecule has 3 N–H and O–H groups in total. The number of nitrogens with two attached hydrogens (primary N) is 1. The Kier molecular flexibility index (Phi) is 4.61. The van der Waals surface area contributed by atoms with Gasteiger partial charge in [0.2, 0.25) is 5.88 Å². The summed E-state index contributed by atoms with van der Waals surface area (Å²) < 4.78 is 11.4. The number of rotatable bonds is 6. The number of nitrogens with zero attached hydrogens (tertiary/aromatic N) is 3. The molecule has 6 rings (SSSR count). The highest BCUT2D eigenvalue weighted by atomic mass is 16.5. The first-order valence-corrected chi connectivity index (χ1v) is 11.9. The maximum atomic E-state index is 12.2. The molecule has 3 aromatic rings. The van der Waals surface area contributed by atoms with E-state index in [0.29, 0.717) is 35.6 Å². The maximum absolute atomic E-state index is 12.2. The Morgan fingerprint density at radius 1 is 1.12 bits per heavy atom. The van der Waals surface area contributed by atoms with E-state index in [-0.39, 0.29) is 17.5 Å². The fourth-order valence-corrected chi connectivity index (χ4v) is 4.68. The Labute approximate surface area is 198 Å². The summed E-state index contributed by atoms with van der Waals surface area (Å²) in [6.45, 7) is 6.43. The molecule has 176 valence electrons. The highest BCUT2D eigenvalue weighted by Crippen LogP contribution is 2.46. The second kappa shape index (κ2) is 7.37. The largest absolute Gasteiger partial charge is 0.474 e. The van der Waals surface area contributed by atoms with Crippen LogP contribution in [0, 0.1) is 5.92 Å². The van der Waals surface area contributed by atoms with Gasteiger partial charge in [0.15, 0.2) is 0 Å². The van der Waals surface area contributed by atoms with Gasteiger partial charge in [0, 0.05) is 23.3 Å². The lowest BCUT2D eigenvalue weighted by molar-refractivity contribution is 0.0366. The van der Waals surface area contributed by atoms with Gasteiger partial charge < -0.3 is 20.5 Å². The van der Waals surface area contributed by atoms with Gasteiger partial charge in [-0.3, -0.25) is 0 Å². The van der Waals surface area contributed by atoms with Crippen molar-refractivity contribution in [3.63, 3.8) is 0 Å². The molecule has 34 heavy (non-hydrogen) atoms. The Bertz CT molecular complexity index is 1310. The molecule has 0 radical (unpaired) electrons. The van der Waals surface area contributed by atoms with Gasteiger partial charge in [-0.2, -0.15) is 0 Å². The normalized spacial score (nSPS) is 20.9.